The van der Waals surface area contributed by atoms with Crippen molar-refractivity contribution >= 4 is 25.0 Å². The number of amides is 1. The summed E-state index contributed by atoms with van der Waals surface area (Å²) in [6.07, 6.45) is 0.945. The van der Waals surface area contributed by atoms with Crippen molar-refractivity contribution in [2.24, 2.45) is 0 Å². The van der Waals surface area contributed by atoms with Gasteiger partial charge in [-0.1, -0.05) is 24.3 Å². The fraction of sp³-hybridized carbons (Fsp3) is 0.500. The standard InChI is InChI=1S/C16H21BN2O5.C2H4O2/c20-15(21)8-12-5-6-14(17(23)24-12)19-16(22)13-7-10-3-1-2-4-11(10)9-18-13;1-2(3)4/h1-4,12-14,18,23H,5-9H2,(H,19,22)(H,20,21);1H3,(H,3,4)/t12-,13+,14-;/m0./s1. The zero-order valence-electron chi connectivity index (χ0n) is 15.6. The largest absolute Gasteiger partial charge is 0.481 e. The van der Waals surface area contributed by atoms with Crippen LogP contribution in [0.15, 0.2) is 24.3 Å². The Labute approximate surface area is 163 Å². The number of nitrogens with one attached hydrogen (secondary N) is 2. The van der Waals surface area contributed by atoms with Crippen LogP contribution in [0.5, 0.6) is 0 Å². The summed E-state index contributed by atoms with van der Waals surface area (Å²) in [7, 11) is -1.18. The zero-order chi connectivity index (χ0) is 20.7. The van der Waals surface area contributed by atoms with E-state index in [1.807, 2.05) is 24.3 Å². The molecule has 0 aromatic heterocycles. The second kappa shape index (κ2) is 10.2. The zero-order valence-corrected chi connectivity index (χ0v) is 15.6. The van der Waals surface area contributed by atoms with Crippen molar-refractivity contribution in [1.29, 1.82) is 0 Å². The summed E-state index contributed by atoms with van der Waals surface area (Å²) in [5.41, 5.74) is 2.34. The molecule has 0 saturated carbocycles. The fourth-order valence-corrected chi connectivity index (χ4v) is 3.28. The van der Waals surface area contributed by atoms with E-state index in [2.05, 4.69) is 10.6 Å². The van der Waals surface area contributed by atoms with Crippen LogP contribution in [0.2, 0.25) is 0 Å². The van der Waals surface area contributed by atoms with Crippen molar-refractivity contribution in [3.8, 4) is 0 Å². The van der Waals surface area contributed by atoms with Crippen molar-refractivity contribution < 1.29 is 34.3 Å². The molecule has 0 aliphatic carbocycles. The lowest BCUT2D eigenvalue weighted by Crippen LogP contribution is -2.57. The van der Waals surface area contributed by atoms with Crippen LogP contribution in [0.3, 0.4) is 0 Å². The van der Waals surface area contributed by atoms with E-state index in [0.29, 0.717) is 25.8 Å². The smallest absolute Gasteiger partial charge is 0.478 e. The van der Waals surface area contributed by atoms with Gasteiger partial charge in [-0.05, 0) is 30.4 Å². The number of hydrogen-bond donors (Lipinski definition) is 5. The molecule has 3 rings (SSSR count). The predicted octanol–water partition coefficient (Wildman–Crippen LogP) is -0.0500. The van der Waals surface area contributed by atoms with E-state index in [-0.39, 0.29) is 18.4 Å². The first-order chi connectivity index (χ1) is 13.3. The van der Waals surface area contributed by atoms with Gasteiger partial charge in [0.15, 0.2) is 0 Å². The van der Waals surface area contributed by atoms with E-state index >= 15 is 0 Å². The van der Waals surface area contributed by atoms with E-state index < -0.39 is 31.1 Å². The summed E-state index contributed by atoms with van der Waals surface area (Å²) in [4.78, 5) is 32.1. The van der Waals surface area contributed by atoms with Crippen LogP contribution in [-0.2, 0) is 32.0 Å². The molecule has 0 radical (unpaired) electrons. The third-order valence-corrected chi connectivity index (χ3v) is 4.60. The van der Waals surface area contributed by atoms with Crippen LogP contribution in [0.4, 0.5) is 0 Å². The molecule has 1 saturated heterocycles. The van der Waals surface area contributed by atoms with Gasteiger partial charge in [-0.2, -0.15) is 0 Å². The number of carboxylic acid groups (broad SMARTS) is 2. The summed E-state index contributed by atoms with van der Waals surface area (Å²) in [5.74, 6) is -2.48. The quantitative estimate of drug-likeness (QED) is 0.449. The molecule has 2 aliphatic rings. The van der Waals surface area contributed by atoms with Crippen LogP contribution in [0.1, 0.15) is 37.3 Å². The monoisotopic (exact) mass is 392 g/mol. The second-order valence-corrected chi connectivity index (χ2v) is 6.86. The molecule has 3 atom stereocenters. The van der Waals surface area contributed by atoms with Crippen molar-refractivity contribution in [2.75, 3.05) is 0 Å². The second-order valence-electron chi connectivity index (χ2n) is 6.86. The number of benzene rings is 1. The van der Waals surface area contributed by atoms with Crippen molar-refractivity contribution in [3.05, 3.63) is 35.4 Å². The van der Waals surface area contributed by atoms with Gasteiger partial charge in [-0.25, -0.2) is 0 Å². The Bertz CT molecular complexity index is 711. The van der Waals surface area contributed by atoms with Gasteiger partial charge in [0.05, 0.1) is 24.5 Å². The molecule has 9 nitrogen and oxygen atoms in total. The number of carboxylic acids is 2. The van der Waals surface area contributed by atoms with Gasteiger partial charge in [0, 0.05) is 13.5 Å². The van der Waals surface area contributed by atoms with E-state index in [1.54, 1.807) is 0 Å². The highest BCUT2D eigenvalue weighted by Gasteiger charge is 2.38. The van der Waals surface area contributed by atoms with Crippen LogP contribution < -0.4 is 10.6 Å². The summed E-state index contributed by atoms with van der Waals surface area (Å²) < 4.78 is 5.29. The number of aliphatic carboxylic acids is 2. The molecular weight excluding hydrogens is 367 g/mol. The van der Waals surface area contributed by atoms with Crippen LogP contribution in [-0.4, -0.2) is 58.3 Å². The lowest BCUT2D eigenvalue weighted by atomic mass is 9.72. The first-order valence-corrected chi connectivity index (χ1v) is 9.11. The summed E-state index contributed by atoms with van der Waals surface area (Å²) in [5, 5.41) is 32.2. The summed E-state index contributed by atoms with van der Waals surface area (Å²) in [6.45, 7) is 1.72. The van der Waals surface area contributed by atoms with Crippen molar-refractivity contribution in [3.63, 3.8) is 0 Å². The Balaban J connectivity index is 0.000000640. The normalized spacial score (nSPS) is 23.6. The summed E-state index contributed by atoms with van der Waals surface area (Å²) in [6, 6.07) is 7.65. The fourth-order valence-electron chi connectivity index (χ4n) is 3.28. The molecule has 28 heavy (non-hydrogen) atoms. The van der Waals surface area contributed by atoms with Crippen LogP contribution in [0.25, 0.3) is 0 Å². The molecule has 1 fully saturated rings. The maximum absolute atomic E-state index is 12.4. The van der Waals surface area contributed by atoms with Gasteiger partial charge >= 0.3 is 13.1 Å². The first kappa shape index (κ1) is 21.9. The molecule has 0 spiro atoms. The first-order valence-electron chi connectivity index (χ1n) is 9.11. The third-order valence-electron chi connectivity index (χ3n) is 4.60. The van der Waals surface area contributed by atoms with Crippen molar-refractivity contribution in [2.45, 2.75) is 57.2 Å². The molecular formula is C18H25BN2O7. The molecule has 152 valence electrons. The van der Waals surface area contributed by atoms with Gasteiger partial charge < -0.3 is 30.5 Å². The molecule has 1 amide bonds. The highest BCUT2D eigenvalue weighted by Crippen LogP contribution is 2.20. The molecule has 1 aromatic rings. The minimum Gasteiger partial charge on any atom is -0.481 e. The Hall–Kier alpha value is -2.43. The molecule has 10 heteroatoms. The molecule has 2 heterocycles. The molecule has 0 bridgehead atoms. The van der Waals surface area contributed by atoms with E-state index in [9.17, 15) is 14.6 Å². The van der Waals surface area contributed by atoms with E-state index in [1.165, 1.54) is 5.56 Å². The molecule has 5 N–H and O–H groups in total. The van der Waals surface area contributed by atoms with E-state index in [4.69, 9.17) is 19.7 Å². The molecule has 1 aromatic carbocycles. The topological polar surface area (TPSA) is 145 Å². The Morgan fingerprint density at radius 2 is 1.86 bits per heavy atom. The maximum Gasteiger partial charge on any atom is 0.478 e. The number of carbonyl (C=O) groups is 3. The number of fused-ring (bicyclic) bond motifs is 1. The minimum absolute atomic E-state index is 0.140. The van der Waals surface area contributed by atoms with Crippen molar-refractivity contribution in [1.82, 2.24) is 10.6 Å². The maximum atomic E-state index is 12.4. The predicted molar refractivity (Wildman–Crippen MR) is 100 cm³/mol. The van der Waals surface area contributed by atoms with Gasteiger partial charge in [0.1, 0.15) is 0 Å². The van der Waals surface area contributed by atoms with Gasteiger partial charge in [-0.15, -0.1) is 0 Å². The highest BCUT2D eigenvalue weighted by molar-refractivity contribution is 6.45. The van der Waals surface area contributed by atoms with Crippen LogP contribution >= 0.6 is 0 Å². The number of rotatable bonds is 4. The Morgan fingerprint density at radius 3 is 2.46 bits per heavy atom. The minimum atomic E-state index is -1.18. The Kier molecular flexibility index (Phi) is 7.97. The SMILES string of the molecule is CC(=O)O.O=C(O)C[C@@H]1CC[C@H](NC(=O)[C@H]2Cc3ccccc3CN2)B(O)O1. The third kappa shape index (κ3) is 6.63. The van der Waals surface area contributed by atoms with E-state index in [0.717, 1.165) is 12.5 Å². The van der Waals surface area contributed by atoms with Gasteiger partial charge in [0.25, 0.3) is 5.97 Å². The number of hydrogen-bond acceptors (Lipinski definition) is 6. The highest BCUT2D eigenvalue weighted by atomic mass is 16.5. The lowest BCUT2D eigenvalue weighted by Gasteiger charge is -2.33. The number of carbonyl (C=O) groups excluding carboxylic acids is 1. The Morgan fingerprint density at radius 1 is 1.21 bits per heavy atom. The average molecular weight is 392 g/mol. The lowest BCUT2D eigenvalue weighted by molar-refractivity contribution is -0.139. The van der Waals surface area contributed by atoms with Gasteiger partial charge in [-0.3, -0.25) is 14.4 Å². The molecule has 2 aliphatic heterocycles. The van der Waals surface area contributed by atoms with Gasteiger partial charge in [0.2, 0.25) is 5.91 Å². The summed E-state index contributed by atoms with van der Waals surface area (Å²) >= 11 is 0. The average Bonchev–Trinajstić information content (AvgIpc) is 2.62. The molecule has 0 unspecified atom stereocenters. The van der Waals surface area contributed by atoms with Crippen LogP contribution in [0, 0.1) is 0 Å².